The third-order valence-corrected chi connectivity index (χ3v) is 3.76. The minimum atomic E-state index is -1.44. The fourth-order valence-electron chi connectivity index (χ4n) is 2.19. The third-order valence-electron chi connectivity index (χ3n) is 3.27. The van der Waals surface area contributed by atoms with E-state index >= 15 is 0 Å². The van der Waals surface area contributed by atoms with Crippen molar-refractivity contribution < 1.29 is 9.90 Å². The summed E-state index contributed by atoms with van der Waals surface area (Å²) in [6.07, 6.45) is 0.715. The molecule has 1 aromatic heterocycles. The molecule has 0 spiro atoms. The molecule has 0 saturated carbocycles. The van der Waals surface area contributed by atoms with Crippen LogP contribution >= 0.6 is 15.9 Å². The number of nitrogens with two attached hydrogens (primary N) is 1. The summed E-state index contributed by atoms with van der Waals surface area (Å²) in [5, 5.41) is 18.7. The fourth-order valence-corrected chi connectivity index (χ4v) is 2.40. The number of fused-ring (bicyclic) bond motifs is 1. The summed E-state index contributed by atoms with van der Waals surface area (Å²) in [6, 6.07) is 4.61. The van der Waals surface area contributed by atoms with Crippen molar-refractivity contribution in [3.63, 3.8) is 0 Å². The van der Waals surface area contributed by atoms with Crippen molar-refractivity contribution in [3.8, 4) is 6.07 Å². The van der Waals surface area contributed by atoms with Crippen molar-refractivity contribution in [3.05, 3.63) is 23.5 Å². The highest BCUT2D eigenvalue weighted by molar-refractivity contribution is 9.10. The molecule has 1 aromatic rings. The second kappa shape index (κ2) is 4.50. The van der Waals surface area contributed by atoms with E-state index in [0.717, 1.165) is 5.69 Å². The monoisotopic (exact) mass is 311 g/mol. The number of hydrogen-bond acceptors (Lipinski definition) is 4. The summed E-state index contributed by atoms with van der Waals surface area (Å²) in [6.45, 7) is 2.07. The molecule has 2 rings (SSSR count). The summed E-state index contributed by atoms with van der Waals surface area (Å²) in [7, 11) is 0. The van der Waals surface area contributed by atoms with Gasteiger partial charge in [0, 0.05) is 12.2 Å². The predicted molar refractivity (Wildman–Crippen MR) is 69.3 cm³/mol. The van der Waals surface area contributed by atoms with Gasteiger partial charge in [-0.05, 0) is 25.5 Å². The number of rotatable bonds is 3. The molecule has 3 atom stereocenters. The maximum absolute atomic E-state index is 12.2. The van der Waals surface area contributed by atoms with E-state index in [1.54, 1.807) is 12.1 Å². The van der Waals surface area contributed by atoms with E-state index < -0.39 is 10.6 Å². The highest BCUT2D eigenvalue weighted by Crippen LogP contribution is 2.31. The smallest absolute Gasteiger partial charge is 0.199 e. The van der Waals surface area contributed by atoms with Gasteiger partial charge in [0.1, 0.15) is 10.6 Å². The summed E-state index contributed by atoms with van der Waals surface area (Å²) in [5.41, 5.74) is 7.02. The Kier molecular flexibility index (Phi) is 3.32. The molecule has 1 unspecified atom stereocenters. The Morgan fingerprint density at radius 2 is 2.44 bits per heavy atom. The molecule has 1 aliphatic rings. The van der Waals surface area contributed by atoms with Gasteiger partial charge in [0.25, 0.3) is 0 Å². The first kappa shape index (κ1) is 13.3. The van der Waals surface area contributed by atoms with E-state index in [1.165, 1.54) is 6.92 Å². The number of aromatic nitrogens is 1. The van der Waals surface area contributed by atoms with Crippen LogP contribution in [0.4, 0.5) is 0 Å². The van der Waals surface area contributed by atoms with Gasteiger partial charge in [-0.2, -0.15) is 5.26 Å². The normalized spacial score (nSPS) is 22.9. The Morgan fingerprint density at radius 3 is 3.00 bits per heavy atom. The summed E-state index contributed by atoms with van der Waals surface area (Å²) in [5.74, 6) is -0.492. The van der Waals surface area contributed by atoms with Crippen molar-refractivity contribution >= 4 is 21.7 Å². The van der Waals surface area contributed by atoms with Crippen molar-refractivity contribution in [1.82, 2.24) is 4.57 Å². The second-order valence-corrected chi connectivity index (χ2v) is 6.24. The van der Waals surface area contributed by atoms with E-state index in [9.17, 15) is 9.90 Å². The quantitative estimate of drug-likeness (QED) is 0.646. The number of Topliss-reactive ketones (excluding diaryl/α,β-unsaturated/α-hetero) is 1. The van der Waals surface area contributed by atoms with Crippen molar-refractivity contribution in [2.45, 2.75) is 36.4 Å². The minimum Gasteiger partial charge on any atom is -0.377 e. The van der Waals surface area contributed by atoms with Gasteiger partial charge in [-0.1, -0.05) is 15.9 Å². The molecule has 2 heterocycles. The minimum absolute atomic E-state index is 0.160. The molecule has 5 nitrogen and oxygen atoms in total. The molecular formula is C12H14BrN3O2. The van der Waals surface area contributed by atoms with E-state index in [2.05, 4.69) is 22.0 Å². The highest BCUT2D eigenvalue weighted by atomic mass is 79.9. The third kappa shape index (κ3) is 2.09. The molecule has 0 aromatic carbocycles. The van der Waals surface area contributed by atoms with Gasteiger partial charge in [-0.25, -0.2) is 0 Å². The summed E-state index contributed by atoms with van der Waals surface area (Å²) < 4.78 is 0.372. The van der Waals surface area contributed by atoms with Gasteiger partial charge in [0.05, 0.1) is 17.7 Å². The highest BCUT2D eigenvalue weighted by Gasteiger charge is 2.35. The fraction of sp³-hybridized carbons (Fsp3) is 0.500. The van der Waals surface area contributed by atoms with Gasteiger partial charge in [-0.15, -0.1) is 0 Å². The largest absolute Gasteiger partial charge is 0.377 e. The number of nitrogens with zero attached hydrogens (tertiary/aromatic N) is 2. The van der Waals surface area contributed by atoms with Crippen LogP contribution in [0, 0.1) is 11.3 Å². The van der Waals surface area contributed by atoms with Crippen LogP contribution in [0.15, 0.2) is 12.1 Å². The Bertz CT molecular complexity index is 524. The average Bonchev–Trinajstić information content (AvgIpc) is 2.85. The molecule has 6 heteroatoms. The number of nitriles is 1. The molecule has 0 fully saturated rings. The first-order chi connectivity index (χ1) is 8.36. The second-order valence-electron chi connectivity index (χ2n) is 4.63. The van der Waals surface area contributed by atoms with Gasteiger partial charge < -0.3 is 15.4 Å². The average molecular weight is 312 g/mol. The van der Waals surface area contributed by atoms with E-state index in [0.29, 0.717) is 18.7 Å². The Labute approximate surface area is 113 Å². The first-order valence-electron chi connectivity index (χ1n) is 5.66. The number of carbonyl (C=O) groups excluding carboxylic acids is 1. The van der Waals surface area contributed by atoms with Gasteiger partial charge in [-0.3, -0.25) is 4.79 Å². The number of hydrogen-bond donors (Lipinski definition) is 2. The summed E-state index contributed by atoms with van der Waals surface area (Å²) >= 11 is 2.98. The Hall–Kier alpha value is -1.16. The van der Waals surface area contributed by atoms with Crippen LogP contribution in [0.1, 0.15) is 35.4 Å². The number of ketones is 1. The van der Waals surface area contributed by atoms with E-state index in [1.807, 2.05) is 4.57 Å². The molecular weight excluding hydrogens is 298 g/mol. The maximum atomic E-state index is 12.2. The molecule has 96 valence electrons. The Morgan fingerprint density at radius 1 is 1.78 bits per heavy atom. The lowest BCUT2D eigenvalue weighted by Crippen LogP contribution is -2.47. The standard InChI is InChI=1S/C12H14BrN3O2/c1-12(13,18)11(15)10(17)9-3-2-8-7(6-14)4-5-16(8)9/h2-3,7,11,18H,4-5,15H2,1H3/t7?,11-,12-/m1/s1. The van der Waals surface area contributed by atoms with Crippen LogP contribution in [0.25, 0.3) is 0 Å². The van der Waals surface area contributed by atoms with Crippen molar-refractivity contribution in [2.75, 3.05) is 0 Å². The zero-order valence-electron chi connectivity index (χ0n) is 9.93. The SMILES string of the molecule is C[C@](O)(Br)[C@H](N)C(=O)c1ccc2n1CCC2C#N. The van der Waals surface area contributed by atoms with Crippen LogP contribution in [-0.2, 0) is 6.54 Å². The molecule has 18 heavy (non-hydrogen) atoms. The number of alkyl halides is 1. The van der Waals surface area contributed by atoms with Crippen LogP contribution < -0.4 is 5.73 Å². The number of halogens is 1. The number of carbonyl (C=O) groups is 1. The van der Waals surface area contributed by atoms with Crippen LogP contribution in [0.2, 0.25) is 0 Å². The van der Waals surface area contributed by atoms with Gasteiger partial charge in [0.2, 0.25) is 0 Å². The molecule has 3 N–H and O–H groups in total. The first-order valence-corrected chi connectivity index (χ1v) is 6.45. The van der Waals surface area contributed by atoms with E-state index in [-0.39, 0.29) is 11.7 Å². The topological polar surface area (TPSA) is 92.0 Å². The van der Waals surface area contributed by atoms with Crippen LogP contribution in [-0.4, -0.2) is 26.0 Å². The molecule has 0 saturated heterocycles. The lowest BCUT2D eigenvalue weighted by Gasteiger charge is -2.22. The van der Waals surface area contributed by atoms with Gasteiger partial charge in [0.15, 0.2) is 5.78 Å². The zero-order chi connectivity index (χ0) is 13.5. The van der Waals surface area contributed by atoms with Crippen molar-refractivity contribution in [2.24, 2.45) is 5.73 Å². The maximum Gasteiger partial charge on any atom is 0.199 e. The molecule has 0 amide bonds. The van der Waals surface area contributed by atoms with E-state index in [4.69, 9.17) is 11.0 Å². The van der Waals surface area contributed by atoms with Gasteiger partial charge >= 0.3 is 0 Å². The predicted octanol–water partition coefficient (Wildman–Crippen LogP) is 1.11. The molecule has 0 radical (unpaired) electrons. The van der Waals surface area contributed by atoms with Crippen LogP contribution in [0.3, 0.4) is 0 Å². The molecule has 0 aliphatic carbocycles. The Balaban J connectivity index is 2.33. The zero-order valence-corrected chi connectivity index (χ0v) is 11.5. The number of aliphatic hydroxyl groups is 1. The molecule has 1 aliphatic heterocycles. The lowest BCUT2D eigenvalue weighted by atomic mass is 10.1. The molecule has 0 bridgehead atoms. The summed E-state index contributed by atoms with van der Waals surface area (Å²) in [4.78, 5) is 12.2. The van der Waals surface area contributed by atoms with Crippen LogP contribution in [0.5, 0.6) is 0 Å². The van der Waals surface area contributed by atoms with Crippen molar-refractivity contribution in [1.29, 1.82) is 5.26 Å². The lowest BCUT2D eigenvalue weighted by molar-refractivity contribution is 0.0788.